The maximum Gasteiger partial charge on any atom is 0.283 e. The van der Waals surface area contributed by atoms with Crippen molar-refractivity contribution in [2.24, 2.45) is 0 Å². The second-order valence-corrected chi connectivity index (χ2v) is 5.47. The van der Waals surface area contributed by atoms with Crippen LogP contribution in [-0.4, -0.2) is 20.3 Å². The molecule has 1 N–H and O–H groups in total. The van der Waals surface area contributed by atoms with Crippen molar-refractivity contribution < 1.29 is 0 Å². The van der Waals surface area contributed by atoms with E-state index in [9.17, 15) is 4.79 Å². The highest BCUT2D eigenvalue weighted by molar-refractivity contribution is 7.99. The van der Waals surface area contributed by atoms with Crippen LogP contribution in [0.15, 0.2) is 46.3 Å². The molecule has 3 aromatic rings. The van der Waals surface area contributed by atoms with Crippen molar-refractivity contribution >= 4 is 22.8 Å². The summed E-state index contributed by atoms with van der Waals surface area (Å²) in [6.07, 6.45) is 0. The van der Waals surface area contributed by atoms with Crippen LogP contribution in [0.1, 0.15) is 5.69 Å². The fourth-order valence-electron chi connectivity index (χ4n) is 2.18. The number of thioether (sulfide) groups is 1. The average molecular weight is 296 g/mol. The number of aromatic amines is 1. The van der Waals surface area contributed by atoms with Crippen molar-refractivity contribution in [2.75, 3.05) is 5.75 Å². The van der Waals surface area contributed by atoms with Crippen molar-refractivity contribution in [3.63, 3.8) is 0 Å². The highest BCUT2D eigenvalue weighted by atomic mass is 32.2. The van der Waals surface area contributed by atoms with E-state index in [1.807, 2.05) is 43.3 Å². The van der Waals surface area contributed by atoms with Crippen molar-refractivity contribution in [1.82, 2.24) is 14.5 Å². The Labute approximate surface area is 125 Å². The molecule has 21 heavy (non-hydrogen) atoms. The molecule has 3 rings (SSSR count). The van der Waals surface area contributed by atoms with Gasteiger partial charge in [-0.25, -0.2) is 4.98 Å². The van der Waals surface area contributed by atoms with Gasteiger partial charge in [-0.15, -0.1) is 0 Å². The molecule has 0 atom stereocenters. The number of nitrogens with one attached hydrogen (secondary N) is 1. The van der Waals surface area contributed by atoms with Crippen LogP contribution < -0.4 is 5.56 Å². The monoisotopic (exact) mass is 296 g/mol. The van der Waals surface area contributed by atoms with Crippen molar-refractivity contribution in [3.05, 3.63) is 52.4 Å². The largest absolute Gasteiger partial charge is 0.353 e. The molecule has 0 aliphatic carbocycles. The number of fused-ring (bicyclic) bond motifs is 1. The molecule has 0 unspecified atom stereocenters. The highest BCUT2D eigenvalue weighted by Crippen LogP contribution is 2.21. The molecule has 6 heteroatoms. The Morgan fingerprint density at radius 1 is 1.38 bits per heavy atom. The Morgan fingerprint density at radius 3 is 2.86 bits per heavy atom. The molecule has 0 radical (unpaired) electrons. The van der Waals surface area contributed by atoms with E-state index >= 15 is 0 Å². The smallest absolute Gasteiger partial charge is 0.283 e. The molecule has 0 amide bonds. The summed E-state index contributed by atoms with van der Waals surface area (Å²) in [7, 11) is 0. The summed E-state index contributed by atoms with van der Waals surface area (Å²) in [6, 6.07) is 13.2. The molecule has 0 fully saturated rings. The molecule has 0 bridgehead atoms. The Hall–Kier alpha value is -2.52. The summed E-state index contributed by atoms with van der Waals surface area (Å²) >= 11 is 1.26. The van der Waals surface area contributed by atoms with E-state index in [0.717, 1.165) is 11.4 Å². The molecule has 0 aliphatic rings. The van der Waals surface area contributed by atoms with Gasteiger partial charge in [0, 0.05) is 5.69 Å². The summed E-state index contributed by atoms with van der Waals surface area (Å²) in [4.78, 5) is 20.3. The van der Waals surface area contributed by atoms with E-state index in [0.29, 0.717) is 16.2 Å². The number of nitrogens with zero attached hydrogens (tertiary/aromatic N) is 3. The van der Waals surface area contributed by atoms with Crippen LogP contribution in [0.5, 0.6) is 0 Å². The summed E-state index contributed by atoms with van der Waals surface area (Å²) < 4.78 is 1.54. The fraction of sp³-hybridized carbons (Fsp3) is 0.133. The van der Waals surface area contributed by atoms with E-state index in [1.54, 1.807) is 4.57 Å². The van der Waals surface area contributed by atoms with Crippen molar-refractivity contribution in [1.29, 1.82) is 5.26 Å². The second-order valence-electron chi connectivity index (χ2n) is 4.53. The average Bonchev–Trinajstić information content (AvgIpc) is 2.87. The zero-order valence-corrected chi connectivity index (χ0v) is 12.1. The maximum atomic E-state index is 12.7. The van der Waals surface area contributed by atoms with Crippen LogP contribution in [0.3, 0.4) is 0 Å². The van der Waals surface area contributed by atoms with Gasteiger partial charge in [0.05, 0.1) is 23.0 Å². The lowest BCUT2D eigenvalue weighted by Crippen LogP contribution is -2.21. The van der Waals surface area contributed by atoms with Crippen LogP contribution in [0.4, 0.5) is 0 Å². The van der Waals surface area contributed by atoms with E-state index in [2.05, 4.69) is 16.0 Å². The molecule has 0 saturated carbocycles. The minimum Gasteiger partial charge on any atom is -0.353 e. The minimum absolute atomic E-state index is 0.153. The van der Waals surface area contributed by atoms with Gasteiger partial charge in [0.25, 0.3) is 5.56 Å². The summed E-state index contributed by atoms with van der Waals surface area (Å²) in [5, 5.41) is 9.31. The quantitative estimate of drug-likeness (QED) is 0.595. The number of rotatable bonds is 3. The van der Waals surface area contributed by atoms with Gasteiger partial charge in [-0.2, -0.15) is 5.26 Å². The summed E-state index contributed by atoms with van der Waals surface area (Å²) in [6.45, 7) is 1.88. The fourth-order valence-corrected chi connectivity index (χ4v) is 2.85. The van der Waals surface area contributed by atoms with Gasteiger partial charge in [-0.05, 0) is 25.1 Å². The van der Waals surface area contributed by atoms with Gasteiger partial charge < -0.3 is 4.98 Å². The molecule has 0 saturated heterocycles. The SMILES string of the molecule is Cc1cc2nc(SCC#N)n(-c3ccccc3)c(=O)c2[nH]1. The molecule has 104 valence electrons. The lowest BCUT2D eigenvalue weighted by molar-refractivity contribution is 0.819. The first-order valence-corrected chi connectivity index (χ1v) is 7.37. The number of aromatic nitrogens is 3. The van der Waals surface area contributed by atoms with Gasteiger partial charge in [0.2, 0.25) is 0 Å². The second kappa shape index (κ2) is 5.46. The first kappa shape index (κ1) is 13.5. The molecule has 1 aromatic carbocycles. The molecule has 2 heterocycles. The Bertz CT molecular complexity index is 890. The third kappa shape index (κ3) is 2.43. The third-order valence-corrected chi connectivity index (χ3v) is 3.84. The molecule has 0 spiro atoms. The predicted octanol–water partition coefficient (Wildman–Crippen LogP) is 2.64. The lowest BCUT2D eigenvalue weighted by atomic mass is 10.3. The standard InChI is InChI=1S/C15H12N4OS/c1-10-9-12-13(17-10)14(20)19(11-5-3-2-4-6-11)15(18-12)21-8-7-16/h2-6,9,17H,8H2,1H3. The number of para-hydroxylation sites is 1. The van der Waals surface area contributed by atoms with Gasteiger partial charge in [0.1, 0.15) is 5.52 Å². The lowest BCUT2D eigenvalue weighted by Gasteiger charge is -2.10. The first-order valence-electron chi connectivity index (χ1n) is 6.38. The predicted molar refractivity (Wildman–Crippen MR) is 82.8 cm³/mol. The highest BCUT2D eigenvalue weighted by Gasteiger charge is 2.14. The number of H-pyrrole nitrogens is 1. The summed E-state index contributed by atoms with van der Waals surface area (Å²) in [5.41, 5.74) is 2.59. The van der Waals surface area contributed by atoms with Crippen LogP contribution in [0, 0.1) is 18.3 Å². The molecular weight excluding hydrogens is 284 g/mol. The van der Waals surface area contributed by atoms with Crippen LogP contribution in [-0.2, 0) is 0 Å². The Morgan fingerprint density at radius 2 is 2.14 bits per heavy atom. The Balaban J connectivity index is 2.31. The van der Waals surface area contributed by atoms with Crippen LogP contribution in [0.2, 0.25) is 0 Å². The first-order chi connectivity index (χ1) is 10.2. The topological polar surface area (TPSA) is 74.5 Å². The number of hydrogen-bond donors (Lipinski definition) is 1. The van der Waals surface area contributed by atoms with Crippen LogP contribution >= 0.6 is 11.8 Å². The molecule has 5 nitrogen and oxygen atoms in total. The van der Waals surface area contributed by atoms with Crippen LogP contribution in [0.25, 0.3) is 16.7 Å². The minimum atomic E-state index is -0.153. The van der Waals surface area contributed by atoms with Gasteiger partial charge in [-0.1, -0.05) is 30.0 Å². The van der Waals surface area contributed by atoms with Gasteiger partial charge >= 0.3 is 0 Å². The van der Waals surface area contributed by atoms with Gasteiger partial charge in [0.15, 0.2) is 5.16 Å². The normalized spacial score (nSPS) is 10.7. The zero-order chi connectivity index (χ0) is 14.8. The zero-order valence-electron chi connectivity index (χ0n) is 11.3. The number of nitriles is 1. The molecular formula is C15H12N4OS. The number of benzene rings is 1. The Kier molecular flexibility index (Phi) is 3.50. The van der Waals surface area contributed by atoms with E-state index in [4.69, 9.17) is 5.26 Å². The number of aryl methyl sites for hydroxylation is 1. The molecule has 0 aliphatic heterocycles. The van der Waals surface area contributed by atoms with E-state index in [-0.39, 0.29) is 11.3 Å². The van der Waals surface area contributed by atoms with Crippen molar-refractivity contribution in [2.45, 2.75) is 12.1 Å². The van der Waals surface area contributed by atoms with E-state index in [1.165, 1.54) is 11.8 Å². The molecule has 2 aromatic heterocycles. The van der Waals surface area contributed by atoms with Crippen molar-refractivity contribution in [3.8, 4) is 11.8 Å². The summed E-state index contributed by atoms with van der Waals surface area (Å²) in [5.74, 6) is 0.244. The maximum absolute atomic E-state index is 12.7. The van der Waals surface area contributed by atoms with Gasteiger partial charge in [-0.3, -0.25) is 9.36 Å². The third-order valence-electron chi connectivity index (χ3n) is 3.04. The number of hydrogen-bond acceptors (Lipinski definition) is 4. The van der Waals surface area contributed by atoms with E-state index < -0.39 is 0 Å².